The normalized spacial score (nSPS) is 18.8. The van der Waals surface area contributed by atoms with Crippen molar-refractivity contribution in [3.8, 4) is 5.75 Å². The molecule has 4 rings (SSSR count). The van der Waals surface area contributed by atoms with Crippen molar-refractivity contribution in [3.05, 3.63) is 58.6 Å². The standard InChI is InChI=1S/C25H28ClF2N3O3/c1-34-23-5-2-18(26)12-20(23)25(33)30-10-7-17(8-11-30)24(32)29-14-16-6-9-31(15-16)19-3-4-21(27)22(28)13-19/h2-5,12-13,16-17H,6-11,14-15H2,1H3,(H,29,32). The van der Waals surface area contributed by atoms with Gasteiger partial charge in [0.25, 0.3) is 5.91 Å². The van der Waals surface area contributed by atoms with Crippen LogP contribution in [0.4, 0.5) is 14.5 Å². The second-order valence-electron chi connectivity index (χ2n) is 8.86. The smallest absolute Gasteiger partial charge is 0.257 e. The van der Waals surface area contributed by atoms with Crippen molar-refractivity contribution >= 4 is 29.1 Å². The van der Waals surface area contributed by atoms with Crippen molar-refractivity contribution in [1.82, 2.24) is 10.2 Å². The first-order valence-corrected chi connectivity index (χ1v) is 11.8. The van der Waals surface area contributed by atoms with Crippen molar-refractivity contribution in [1.29, 1.82) is 0 Å². The molecule has 0 bridgehead atoms. The molecule has 0 radical (unpaired) electrons. The number of carbonyl (C=O) groups is 2. The summed E-state index contributed by atoms with van der Waals surface area (Å²) in [7, 11) is 1.51. The molecule has 2 saturated heterocycles. The summed E-state index contributed by atoms with van der Waals surface area (Å²) < 4.78 is 32.0. The van der Waals surface area contributed by atoms with Gasteiger partial charge in [-0.05, 0) is 55.5 Å². The molecule has 2 heterocycles. The Morgan fingerprint density at radius 2 is 1.82 bits per heavy atom. The molecule has 0 spiro atoms. The number of piperidine rings is 1. The van der Waals surface area contributed by atoms with Gasteiger partial charge in [-0.3, -0.25) is 9.59 Å². The van der Waals surface area contributed by atoms with E-state index < -0.39 is 11.6 Å². The number of nitrogens with zero attached hydrogens (tertiary/aromatic N) is 2. The van der Waals surface area contributed by atoms with Gasteiger partial charge in [0.05, 0.1) is 12.7 Å². The van der Waals surface area contributed by atoms with Crippen LogP contribution in [0.1, 0.15) is 29.6 Å². The summed E-state index contributed by atoms with van der Waals surface area (Å²) in [6.07, 6.45) is 2.05. The number of hydrogen-bond acceptors (Lipinski definition) is 4. The van der Waals surface area contributed by atoms with Gasteiger partial charge in [0.2, 0.25) is 5.91 Å². The molecule has 1 unspecified atom stereocenters. The summed E-state index contributed by atoms with van der Waals surface area (Å²) in [4.78, 5) is 29.4. The highest BCUT2D eigenvalue weighted by Crippen LogP contribution is 2.27. The summed E-state index contributed by atoms with van der Waals surface area (Å²) in [5, 5.41) is 3.51. The van der Waals surface area contributed by atoms with E-state index in [0.717, 1.165) is 19.0 Å². The number of ether oxygens (including phenoxy) is 1. The largest absolute Gasteiger partial charge is 0.496 e. The first-order chi connectivity index (χ1) is 16.4. The van der Waals surface area contributed by atoms with Crippen LogP contribution in [-0.2, 0) is 4.79 Å². The first-order valence-electron chi connectivity index (χ1n) is 11.5. The van der Waals surface area contributed by atoms with Crippen LogP contribution in [0.25, 0.3) is 0 Å². The molecule has 2 amide bonds. The number of rotatable bonds is 6. The Labute approximate surface area is 202 Å². The summed E-state index contributed by atoms with van der Waals surface area (Å²) in [6.45, 7) is 2.93. The second kappa shape index (κ2) is 10.6. The molecule has 1 atom stereocenters. The summed E-state index contributed by atoms with van der Waals surface area (Å²) in [5.41, 5.74) is 1.07. The lowest BCUT2D eigenvalue weighted by molar-refractivity contribution is -0.126. The van der Waals surface area contributed by atoms with Crippen LogP contribution in [0.2, 0.25) is 5.02 Å². The van der Waals surface area contributed by atoms with Gasteiger partial charge in [-0.25, -0.2) is 8.78 Å². The number of likely N-dealkylation sites (tertiary alicyclic amines) is 1. The molecule has 2 aromatic rings. The predicted octanol–water partition coefficient (Wildman–Crippen LogP) is 4.12. The van der Waals surface area contributed by atoms with Crippen molar-refractivity contribution < 1.29 is 23.1 Å². The number of anilines is 1. The lowest BCUT2D eigenvalue weighted by Gasteiger charge is -2.32. The van der Waals surface area contributed by atoms with E-state index in [9.17, 15) is 18.4 Å². The van der Waals surface area contributed by atoms with E-state index in [1.807, 2.05) is 4.90 Å². The summed E-state index contributed by atoms with van der Waals surface area (Å²) in [5.74, 6) is -1.29. The van der Waals surface area contributed by atoms with E-state index in [1.54, 1.807) is 29.2 Å². The van der Waals surface area contributed by atoms with Crippen LogP contribution < -0.4 is 15.0 Å². The minimum Gasteiger partial charge on any atom is -0.496 e. The Morgan fingerprint density at radius 3 is 2.53 bits per heavy atom. The predicted molar refractivity (Wildman–Crippen MR) is 126 cm³/mol. The molecular weight excluding hydrogens is 464 g/mol. The SMILES string of the molecule is COc1ccc(Cl)cc1C(=O)N1CCC(C(=O)NCC2CCN(c3ccc(F)c(F)c3)C2)CC1. The number of methoxy groups -OCH3 is 1. The maximum atomic E-state index is 13.5. The first kappa shape index (κ1) is 24.3. The number of benzene rings is 2. The minimum absolute atomic E-state index is 0.00119. The number of carbonyl (C=O) groups excluding carboxylic acids is 2. The molecule has 0 aliphatic carbocycles. The monoisotopic (exact) mass is 491 g/mol. The third-order valence-electron chi connectivity index (χ3n) is 6.66. The van der Waals surface area contributed by atoms with E-state index in [-0.39, 0.29) is 23.7 Å². The number of amides is 2. The van der Waals surface area contributed by atoms with E-state index in [1.165, 1.54) is 13.2 Å². The van der Waals surface area contributed by atoms with Crippen LogP contribution in [0.3, 0.4) is 0 Å². The van der Waals surface area contributed by atoms with Crippen molar-refractivity contribution in [2.75, 3.05) is 44.7 Å². The highest BCUT2D eigenvalue weighted by molar-refractivity contribution is 6.31. The third-order valence-corrected chi connectivity index (χ3v) is 6.90. The molecule has 2 aromatic carbocycles. The topological polar surface area (TPSA) is 61.9 Å². The average molecular weight is 492 g/mol. The van der Waals surface area contributed by atoms with Crippen molar-refractivity contribution in [3.63, 3.8) is 0 Å². The van der Waals surface area contributed by atoms with E-state index >= 15 is 0 Å². The quantitative estimate of drug-likeness (QED) is 0.660. The number of hydrogen-bond donors (Lipinski definition) is 1. The molecule has 2 fully saturated rings. The zero-order valence-electron chi connectivity index (χ0n) is 19.0. The van der Waals surface area contributed by atoms with Gasteiger partial charge < -0.3 is 19.9 Å². The minimum atomic E-state index is -0.855. The van der Waals surface area contributed by atoms with Gasteiger partial charge in [0, 0.05) is 55.4 Å². The molecule has 2 aliphatic heterocycles. The highest BCUT2D eigenvalue weighted by Gasteiger charge is 2.30. The van der Waals surface area contributed by atoms with Gasteiger partial charge >= 0.3 is 0 Å². The molecule has 0 aromatic heterocycles. The Kier molecular flexibility index (Phi) is 7.56. The number of nitrogens with one attached hydrogen (secondary N) is 1. The fraction of sp³-hybridized carbons (Fsp3) is 0.440. The molecule has 0 saturated carbocycles. The van der Waals surface area contributed by atoms with Gasteiger partial charge in [0.15, 0.2) is 11.6 Å². The van der Waals surface area contributed by atoms with Crippen LogP contribution >= 0.6 is 11.6 Å². The second-order valence-corrected chi connectivity index (χ2v) is 9.29. The van der Waals surface area contributed by atoms with Gasteiger partial charge in [-0.2, -0.15) is 0 Å². The maximum absolute atomic E-state index is 13.5. The molecule has 34 heavy (non-hydrogen) atoms. The Morgan fingerprint density at radius 1 is 1.06 bits per heavy atom. The van der Waals surface area contributed by atoms with Gasteiger partial charge in [0.1, 0.15) is 5.75 Å². The third kappa shape index (κ3) is 5.43. The molecule has 2 aliphatic rings. The highest BCUT2D eigenvalue weighted by atomic mass is 35.5. The fourth-order valence-electron chi connectivity index (χ4n) is 4.67. The van der Waals surface area contributed by atoms with Gasteiger partial charge in [-0.15, -0.1) is 0 Å². The molecular formula is C25H28ClF2N3O3. The fourth-order valence-corrected chi connectivity index (χ4v) is 4.84. The van der Waals surface area contributed by atoms with Crippen LogP contribution in [-0.4, -0.2) is 56.5 Å². The summed E-state index contributed by atoms with van der Waals surface area (Å²) >= 11 is 6.05. The Bertz CT molecular complexity index is 1060. The van der Waals surface area contributed by atoms with Gasteiger partial charge in [-0.1, -0.05) is 11.6 Å². The average Bonchev–Trinajstić information content (AvgIpc) is 3.33. The van der Waals surface area contributed by atoms with Crippen LogP contribution in [0.5, 0.6) is 5.75 Å². The van der Waals surface area contributed by atoms with Crippen molar-refractivity contribution in [2.45, 2.75) is 19.3 Å². The molecule has 9 heteroatoms. The van der Waals surface area contributed by atoms with Crippen LogP contribution in [0.15, 0.2) is 36.4 Å². The lowest BCUT2D eigenvalue weighted by atomic mass is 9.95. The van der Waals surface area contributed by atoms with E-state index in [4.69, 9.17) is 16.3 Å². The molecule has 6 nitrogen and oxygen atoms in total. The molecule has 182 valence electrons. The number of halogens is 3. The summed E-state index contributed by atoms with van der Waals surface area (Å²) in [6, 6.07) is 8.88. The lowest BCUT2D eigenvalue weighted by Crippen LogP contribution is -2.44. The zero-order valence-corrected chi connectivity index (χ0v) is 19.8. The zero-order chi connectivity index (χ0) is 24.2. The van der Waals surface area contributed by atoms with E-state index in [2.05, 4.69) is 5.32 Å². The Hall–Kier alpha value is -2.87. The maximum Gasteiger partial charge on any atom is 0.257 e. The van der Waals surface area contributed by atoms with Crippen molar-refractivity contribution in [2.24, 2.45) is 11.8 Å². The Balaban J connectivity index is 1.24. The van der Waals surface area contributed by atoms with Crippen LogP contribution in [0, 0.1) is 23.5 Å². The van der Waals surface area contributed by atoms with E-state index in [0.29, 0.717) is 61.0 Å². The molecule has 1 N–H and O–H groups in total.